The number of nitrogens with zero attached hydrogens (tertiary/aromatic N) is 4. The average Bonchev–Trinajstić information content (AvgIpc) is 3.44. The lowest BCUT2D eigenvalue weighted by atomic mass is 10.2. The Morgan fingerprint density at radius 3 is 2.62 bits per heavy atom. The van der Waals surface area contributed by atoms with Crippen LogP contribution in [0.1, 0.15) is 18.7 Å². The molecule has 0 fully saturated rings. The molecule has 1 atom stereocenters. The number of aromatic nitrogens is 4. The Bertz CT molecular complexity index is 1070. The van der Waals surface area contributed by atoms with Crippen molar-refractivity contribution < 1.29 is 9.21 Å². The first-order valence-electron chi connectivity index (χ1n) is 9.09. The minimum atomic E-state index is -0.197. The van der Waals surface area contributed by atoms with E-state index >= 15 is 0 Å². The van der Waals surface area contributed by atoms with Gasteiger partial charge in [-0.3, -0.25) is 14.3 Å². The number of hydrogen-bond donors (Lipinski definition) is 1. The van der Waals surface area contributed by atoms with Gasteiger partial charge in [0.2, 0.25) is 5.91 Å². The molecular weight excluding hydrogens is 386 g/mol. The maximum Gasteiger partial charge on any atom is 0.231 e. The van der Waals surface area contributed by atoms with Crippen molar-refractivity contribution in [1.29, 1.82) is 0 Å². The molecule has 7 nitrogen and oxygen atoms in total. The predicted octanol–water partition coefficient (Wildman–Crippen LogP) is 3.89. The van der Waals surface area contributed by atoms with E-state index in [9.17, 15) is 4.79 Å². The number of rotatable bonds is 7. The zero-order chi connectivity index (χ0) is 20.1. The third-order valence-electron chi connectivity index (χ3n) is 4.27. The van der Waals surface area contributed by atoms with Gasteiger partial charge in [-0.15, -0.1) is 10.2 Å². The average molecular weight is 405 g/mol. The lowest BCUT2D eigenvalue weighted by Crippen LogP contribution is -2.28. The summed E-state index contributed by atoms with van der Waals surface area (Å²) in [6, 6.07) is 17.0. The number of carbonyl (C=O) groups excluding carboxylic acids is 1. The van der Waals surface area contributed by atoms with E-state index in [1.165, 1.54) is 11.8 Å². The summed E-state index contributed by atoms with van der Waals surface area (Å²) < 4.78 is 7.28. The predicted molar refractivity (Wildman–Crippen MR) is 111 cm³/mol. The normalized spacial score (nSPS) is 11.9. The molecule has 0 bridgehead atoms. The van der Waals surface area contributed by atoms with Gasteiger partial charge in [0.25, 0.3) is 0 Å². The lowest BCUT2D eigenvalue weighted by molar-refractivity contribution is -0.119. The monoisotopic (exact) mass is 405 g/mol. The molecule has 0 radical (unpaired) electrons. The Kier molecular flexibility index (Phi) is 5.71. The summed E-state index contributed by atoms with van der Waals surface area (Å²) in [4.78, 5) is 16.5. The second-order valence-corrected chi connectivity index (χ2v) is 7.25. The van der Waals surface area contributed by atoms with Gasteiger partial charge in [0.05, 0.1) is 18.1 Å². The third-order valence-corrected chi connectivity index (χ3v) is 5.20. The fraction of sp³-hybridized carbons (Fsp3) is 0.143. The molecular formula is C21H19N5O2S. The summed E-state index contributed by atoms with van der Waals surface area (Å²) >= 11 is 1.34. The topological polar surface area (TPSA) is 85.8 Å². The SMILES string of the molecule is C[C@H](NC(=O)CSc1nnc(-c2ccncc2)n1-c1ccccc1)c1ccco1. The second kappa shape index (κ2) is 8.74. The molecule has 0 spiro atoms. The summed E-state index contributed by atoms with van der Waals surface area (Å²) in [5, 5.41) is 12.3. The van der Waals surface area contributed by atoms with Crippen LogP contribution in [0.4, 0.5) is 0 Å². The third kappa shape index (κ3) is 4.38. The number of nitrogens with one attached hydrogen (secondary N) is 1. The Balaban J connectivity index is 1.54. The maximum absolute atomic E-state index is 12.4. The zero-order valence-corrected chi connectivity index (χ0v) is 16.5. The Morgan fingerprint density at radius 2 is 1.90 bits per heavy atom. The van der Waals surface area contributed by atoms with E-state index in [-0.39, 0.29) is 17.7 Å². The summed E-state index contributed by atoms with van der Waals surface area (Å²) in [6.07, 6.45) is 5.03. The summed E-state index contributed by atoms with van der Waals surface area (Å²) in [5.41, 5.74) is 1.83. The van der Waals surface area contributed by atoms with Crippen molar-refractivity contribution in [2.24, 2.45) is 0 Å². The van der Waals surface area contributed by atoms with E-state index < -0.39 is 0 Å². The summed E-state index contributed by atoms with van der Waals surface area (Å²) in [5.74, 6) is 1.53. The molecule has 1 amide bonds. The second-order valence-electron chi connectivity index (χ2n) is 6.31. The van der Waals surface area contributed by atoms with Gasteiger partial charge >= 0.3 is 0 Å². The van der Waals surface area contributed by atoms with Gasteiger partial charge in [-0.25, -0.2) is 0 Å². The van der Waals surface area contributed by atoms with Gasteiger partial charge in [0, 0.05) is 23.6 Å². The van der Waals surface area contributed by atoms with Crippen molar-refractivity contribution in [3.8, 4) is 17.1 Å². The van der Waals surface area contributed by atoms with E-state index in [0.29, 0.717) is 11.0 Å². The highest BCUT2D eigenvalue weighted by Gasteiger charge is 2.18. The van der Waals surface area contributed by atoms with Crippen LogP contribution in [0.5, 0.6) is 0 Å². The van der Waals surface area contributed by atoms with E-state index in [2.05, 4.69) is 20.5 Å². The number of hydrogen-bond acceptors (Lipinski definition) is 6. The van der Waals surface area contributed by atoms with Gasteiger partial charge in [-0.05, 0) is 43.3 Å². The van der Waals surface area contributed by atoms with Crippen LogP contribution in [-0.4, -0.2) is 31.4 Å². The highest BCUT2D eigenvalue weighted by Crippen LogP contribution is 2.27. The molecule has 29 heavy (non-hydrogen) atoms. The van der Waals surface area contributed by atoms with E-state index in [1.54, 1.807) is 24.7 Å². The number of para-hydroxylation sites is 1. The number of furan rings is 1. The molecule has 3 heterocycles. The molecule has 1 N–H and O–H groups in total. The Labute approximate surface area is 172 Å². The largest absolute Gasteiger partial charge is 0.467 e. The first-order valence-corrected chi connectivity index (χ1v) is 10.1. The molecule has 1 aromatic carbocycles. The van der Waals surface area contributed by atoms with Gasteiger partial charge < -0.3 is 9.73 Å². The van der Waals surface area contributed by atoms with Crippen LogP contribution in [-0.2, 0) is 4.79 Å². The van der Waals surface area contributed by atoms with Gasteiger partial charge in [-0.2, -0.15) is 0 Å². The van der Waals surface area contributed by atoms with Gasteiger partial charge in [-0.1, -0.05) is 30.0 Å². The summed E-state index contributed by atoms with van der Waals surface area (Å²) in [6.45, 7) is 1.88. The standard InChI is InChI=1S/C21H19N5O2S/c1-15(18-8-5-13-28-18)23-19(27)14-29-21-25-24-20(16-9-11-22-12-10-16)26(21)17-6-3-2-4-7-17/h2-13,15H,14H2,1H3,(H,23,27)/t15-/m0/s1. The van der Waals surface area contributed by atoms with Crippen LogP contribution in [0.2, 0.25) is 0 Å². The van der Waals surface area contributed by atoms with Crippen molar-refractivity contribution in [3.63, 3.8) is 0 Å². The number of pyridine rings is 1. The highest BCUT2D eigenvalue weighted by molar-refractivity contribution is 7.99. The van der Waals surface area contributed by atoms with Crippen LogP contribution < -0.4 is 5.32 Å². The van der Waals surface area contributed by atoms with Crippen LogP contribution >= 0.6 is 11.8 Å². The van der Waals surface area contributed by atoms with Gasteiger partial charge in [0.15, 0.2) is 11.0 Å². The molecule has 8 heteroatoms. The van der Waals surface area contributed by atoms with E-state index in [0.717, 1.165) is 17.0 Å². The van der Waals surface area contributed by atoms with Crippen LogP contribution in [0.25, 0.3) is 17.1 Å². The zero-order valence-electron chi connectivity index (χ0n) is 15.7. The summed E-state index contributed by atoms with van der Waals surface area (Å²) in [7, 11) is 0. The van der Waals surface area contributed by atoms with Crippen molar-refractivity contribution in [3.05, 3.63) is 79.0 Å². The molecule has 4 rings (SSSR count). The molecule has 146 valence electrons. The van der Waals surface area contributed by atoms with Crippen molar-refractivity contribution >= 4 is 17.7 Å². The van der Waals surface area contributed by atoms with Crippen molar-refractivity contribution in [2.45, 2.75) is 18.1 Å². The van der Waals surface area contributed by atoms with Crippen LogP contribution in [0.15, 0.2) is 82.8 Å². The fourth-order valence-electron chi connectivity index (χ4n) is 2.88. The lowest BCUT2D eigenvalue weighted by Gasteiger charge is -2.12. The molecule has 0 aliphatic heterocycles. The number of carbonyl (C=O) groups is 1. The maximum atomic E-state index is 12.4. The smallest absolute Gasteiger partial charge is 0.231 e. The Hall–Kier alpha value is -3.39. The molecule has 0 aliphatic rings. The molecule has 3 aromatic heterocycles. The quantitative estimate of drug-likeness (QED) is 0.470. The first-order chi connectivity index (χ1) is 14.2. The van der Waals surface area contributed by atoms with E-state index in [1.807, 2.05) is 60.0 Å². The fourth-order valence-corrected chi connectivity index (χ4v) is 3.65. The first kappa shape index (κ1) is 18.9. The minimum Gasteiger partial charge on any atom is -0.467 e. The minimum absolute atomic E-state index is 0.105. The Morgan fingerprint density at radius 1 is 1.10 bits per heavy atom. The van der Waals surface area contributed by atoms with Gasteiger partial charge in [0.1, 0.15) is 5.76 Å². The molecule has 0 saturated carbocycles. The van der Waals surface area contributed by atoms with Crippen LogP contribution in [0, 0.1) is 0 Å². The highest BCUT2D eigenvalue weighted by atomic mass is 32.2. The van der Waals surface area contributed by atoms with Crippen LogP contribution in [0.3, 0.4) is 0 Å². The van der Waals surface area contributed by atoms with E-state index in [4.69, 9.17) is 4.42 Å². The molecule has 0 saturated heterocycles. The molecule has 0 aliphatic carbocycles. The number of thioether (sulfide) groups is 1. The molecule has 4 aromatic rings. The van der Waals surface area contributed by atoms with Crippen molar-refractivity contribution in [2.75, 3.05) is 5.75 Å². The van der Waals surface area contributed by atoms with Crippen molar-refractivity contribution in [1.82, 2.24) is 25.1 Å². The number of amides is 1. The molecule has 0 unspecified atom stereocenters. The number of benzene rings is 1.